The van der Waals surface area contributed by atoms with E-state index >= 15 is 0 Å². The van der Waals surface area contributed by atoms with Gasteiger partial charge >= 0.3 is 0 Å². The highest BCUT2D eigenvalue weighted by Crippen LogP contribution is 2.20. The molecule has 1 aromatic heterocycles. The summed E-state index contributed by atoms with van der Waals surface area (Å²) >= 11 is 1.51. The van der Waals surface area contributed by atoms with Gasteiger partial charge in [0.2, 0.25) is 5.91 Å². The molecule has 1 amide bonds. The molecule has 1 fully saturated rings. The maximum absolute atomic E-state index is 11.4. The minimum Gasteiger partial charge on any atom is -0.379 e. The standard InChI is InChI=1S/C12H20N4O2S/c1-3-16(10(2)17)12-14-11(9-19-12)8-13-15-4-6-18-7-5-15/h9,13H,3-8H2,1-2H3. The maximum Gasteiger partial charge on any atom is 0.225 e. The van der Waals surface area contributed by atoms with Crippen LogP contribution in [0.15, 0.2) is 5.38 Å². The van der Waals surface area contributed by atoms with Gasteiger partial charge < -0.3 is 4.74 Å². The van der Waals surface area contributed by atoms with Crippen LogP contribution in [0, 0.1) is 0 Å². The smallest absolute Gasteiger partial charge is 0.225 e. The zero-order chi connectivity index (χ0) is 13.7. The summed E-state index contributed by atoms with van der Waals surface area (Å²) in [5, 5.41) is 4.91. The number of nitrogens with one attached hydrogen (secondary N) is 1. The molecule has 6 nitrogen and oxygen atoms in total. The number of anilines is 1. The number of hydrogen-bond donors (Lipinski definition) is 1. The first kappa shape index (κ1) is 14.4. The van der Waals surface area contributed by atoms with Crippen molar-refractivity contribution in [1.82, 2.24) is 15.4 Å². The first-order valence-electron chi connectivity index (χ1n) is 6.49. The Hall–Kier alpha value is -1.02. The summed E-state index contributed by atoms with van der Waals surface area (Å²) in [6, 6.07) is 0. The molecule has 1 aliphatic heterocycles. The van der Waals surface area contributed by atoms with Crippen molar-refractivity contribution >= 4 is 22.4 Å². The SMILES string of the molecule is CCN(C(C)=O)c1nc(CNN2CCOCC2)cs1. The van der Waals surface area contributed by atoms with Crippen LogP contribution in [0.1, 0.15) is 19.5 Å². The molecule has 2 heterocycles. The molecular formula is C12H20N4O2S. The second-order valence-corrected chi connectivity index (χ2v) is 5.16. The van der Waals surface area contributed by atoms with E-state index in [1.807, 2.05) is 12.3 Å². The van der Waals surface area contributed by atoms with Crippen LogP contribution < -0.4 is 10.3 Å². The van der Waals surface area contributed by atoms with Crippen LogP contribution in [0.4, 0.5) is 5.13 Å². The number of hydrogen-bond acceptors (Lipinski definition) is 6. The maximum atomic E-state index is 11.4. The Morgan fingerprint density at radius 1 is 1.58 bits per heavy atom. The number of carbonyl (C=O) groups excluding carboxylic acids is 1. The third kappa shape index (κ3) is 3.97. The molecule has 0 unspecified atom stereocenters. The average molecular weight is 284 g/mol. The summed E-state index contributed by atoms with van der Waals surface area (Å²) in [6.45, 7) is 8.18. The molecule has 0 bridgehead atoms. The van der Waals surface area contributed by atoms with Gasteiger partial charge in [-0.25, -0.2) is 15.4 Å². The van der Waals surface area contributed by atoms with Gasteiger partial charge in [0.05, 0.1) is 25.5 Å². The molecule has 0 saturated carbocycles. The fourth-order valence-corrected chi connectivity index (χ4v) is 2.84. The van der Waals surface area contributed by atoms with Gasteiger partial charge in [-0.15, -0.1) is 11.3 Å². The fourth-order valence-electron chi connectivity index (χ4n) is 1.91. The van der Waals surface area contributed by atoms with Gasteiger partial charge in [0.25, 0.3) is 0 Å². The van der Waals surface area contributed by atoms with Gasteiger partial charge in [-0.05, 0) is 6.92 Å². The van der Waals surface area contributed by atoms with E-state index < -0.39 is 0 Å². The van der Waals surface area contributed by atoms with Crippen LogP contribution in [0.25, 0.3) is 0 Å². The molecule has 1 N–H and O–H groups in total. The van der Waals surface area contributed by atoms with E-state index in [9.17, 15) is 4.79 Å². The highest BCUT2D eigenvalue weighted by molar-refractivity contribution is 7.14. The predicted molar refractivity (Wildman–Crippen MR) is 75.0 cm³/mol. The van der Waals surface area contributed by atoms with Crippen LogP contribution in [0.5, 0.6) is 0 Å². The van der Waals surface area contributed by atoms with Crippen molar-refractivity contribution in [3.63, 3.8) is 0 Å². The van der Waals surface area contributed by atoms with Crippen molar-refractivity contribution in [2.24, 2.45) is 0 Å². The number of aromatic nitrogens is 1. The molecule has 7 heteroatoms. The van der Waals surface area contributed by atoms with E-state index in [-0.39, 0.29) is 5.91 Å². The number of thiazole rings is 1. The summed E-state index contributed by atoms with van der Waals surface area (Å²) in [7, 11) is 0. The molecule has 0 spiro atoms. The van der Waals surface area contributed by atoms with Crippen molar-refractivity contribution in [1.29, 1.82) is 0 Å². The number of carbonyl (C=O) groups is 1. The molecule has 1 saturated heterocycles. The molecular weight excluding hydrogens is 264 g/mol. The Labute approximate surface area is 117 Å². The predicted octanol–water partition coefficient (Wildman–Crippen LogP) is 0.853. The van der Waals surface area contributed by atoms with E-state index in [1.54, 1.807) is 11.8 Å². The lowest BCUT2D eigenvalue weighted by Gasteiger charge is -2.26. The van der Waals surface area contributed by atoms with Crippen molar-refractivity contribution < 1.29 is 9.53 Å². The van der Waals surface area contributed by atoms with E-state index in [2.05, 4.69) is 15.4 Å². The Morgan fingerprint density at radius 3 is 2.95 bits per heavy atom. The number of rotatable bonds is 5. The lowest BCUT2D eigenvalue weighted by Crippen LogP contribution is -2.45. The molecule has 1 aromatic rings. The third-order valence-electron chi connectivity index (χ3n) is 2.96. The summed E-state index contributed by atoms with van der Waals surface area (Å²) in [5.41, 5.74) is 4.30. The minimum absolute atomic E-state index is 0.0320. The first-order valence-corrected chi connectivity index (χ1v) is 7.37. The molecule has 2 rings (SSSR count). The topological polar surface area (TPSA) is 57.7 Å². The second-order valence-electron chi connectivity index (χ2n) is 4.32. The number of nitrogens with zero attached hydrogens (tertiary/aromatic N) is 3. The van der Waals surface area contributed by atoms with Gasteiger partial charge in [-0.3, -0.25) is 9.69 Å². The highest BCUT2D eigenvalue weighted by atomic mass is 32.1. The van der Waals surface area contributed by atoms with Gasteiger partial charge in [-0.2, -0.15) is 0 Å². The second kappa shape index (κ2) is 6.95. The van der Waals surface area contributed by atoms with E-state index in [1.165, 1.54) is 11.3 Å². The molecule has 106 valence electrons. The number of amides is 1. The lowest BCUT2D eigenvalue weighted by molar-refractivity contribution is -0.116. The Morgan fingerprint density at radius 2 is 2.32 bits per heavy atom. The van der Waals surface area contributed by atoms with Crippen LogP contribution in [-0.2, 0) is 16.1 Å². The molecule has 0 atom stereocenters. The summed E-state index contributed by atoms with van der Waals surface area (Å²) in [5.74, 6) is 0.0320. The van der Waals surface area contributed by atoms with Gasteiger partial charge in [-0.1, -0.05) is 0 Å². The largest absolute Gasteiger partial charge is 0.379 e. The summed E-state index contributed by atoms with van der Waals surface area (Å²) < 4.78 is 5.29. The molecule has 0 aliphatic carbocycles. The normalized spacial score (nSPS) is 16.5. The van der Waals surface area contributed by atoms with E-state index in [0.29, 0.717) is 13.1 Å². The highest BCUT2D eigenvalue weighted by Gasteiger charge is 2.14. The first-order chi connectivity index (χ1) is 9.20. The van der Waals surface area contributed by atoms with E-state index in [4.69, 9.17) is 4.74 Å². The van der Waals surface area contributed by atoms with Crippen LogP contribution in [-0.4, -0.2) is 48.7 Å². The summed E-state index contributed by atoms with van der Waals surface area (Å²) in [6.07, 6.45) is 0. The van der Waals surface area contributed by atoms with Gasteiger partial charge in [0.15, 0.2) is 5.13 Å². The van der Waals surface area contributed by atoms with Gasteiger partial charge in [0, 0.05) is 31.9 Å². The molecule has 0 aromatic carbocycles. The lowest BCUT2D eigenvalue weighted by atomic mass is 10.5. The van der Waals surface area contributed by atoms with Crippen molar-refractivity contribution in [3.05, 3.63) is 11.1 Å². The number of morpholine rings is 1. The van der Waals surface area contributed by atoms with Crippen molar-refractivity contribution in [2.75, 3.05) is 37.7 Å². The van der Waals surface area contributed by atoms with Crippen LogP contribution in [0.3, 0.4) is 0 Å². The Bertz CT molecular complexity index is 418. The fraction of sp³-hybridized carbons (Fsp3) is 0.667. The molecule has 19 heavy (non-hydrogen) atoms. The Kier molecular flexibility index (Phi) is 5.26. The zero-order valence-corrected chi connectivity index (χ0v) is 12.2. The molecule has 1 aliphatic rings. The minimum atomic E-state index is 0.0320. The van der Waals surface area contributed by atoms with Gasteiger partial charge in [0.1, 0.15) is 0 Å². The average Bonchev–Trinajstić information content (AvgIpc) is 2.87. The monoisotopic (exact) mass is 284 g/mol. The zero-order valence-electron chi connectivity index (χ0n) is 11.4. The van der Waals surface area contributed by atoms with E-state index in [0.717, 1.165) is 37.1 Å². The van der Waals surface area contributed by atoms with Crippen molar-refractivity contribution in [2.45, 2.75) is 20.4 Å². The summed E-state index contributed by atoms with van der Waals surface area (Å²) in [4.78, 5) is 17.6. The Balaban J connectivity index is 1.87. The quantitative estimate of drug-likeness (QED) is 0.869. The number of hydrazine groups is 1. The third-order valence-corrected chi connectivity index (χ3v) is 3.87. The molecule has 0 radical (unpaired) electrons. The van der Waals surface area contributed by atoms with Crippen LogP contribution in [0.2, 0.25) is 0 Å². The van der Waals surface area contributed by atoms with Crippen molar-refractivity contribution in [3.8, 4) is 0 Å². The number of ether oxygens (including phenoxy) is 1. The van der Waals surface area contributed by atoms with Crippen LogP contribution >= 0.6 is 11.3 Å².